The van der Waals surface area contributed by atoms with E-state index in [9.17, 15) is 4.79 Å². The molecule has 0 bridgehead atoms. The highest BCUT2D eigenvalue weighted by Crippen LogP contribution is 2.24. The SMILES string of the molecule is COc1ccc(O[C@@H](C)C(=O)NCCOc2cccc3ccccc23)cc1. The first kappa shape index (κ1) is 18.6. The lowest BCUT2D eigenvalue weighted by atomic mass is 10.1. The second kappa shape index (κ2) is 8.94. The number of rotatable bonds is 8. The maximum Gasteiger partial charge on any atom is 0.260 e. The van der Waals surface area contributed by atoms with E-state index in [-0.39, 0.29) is 5.91 Å². The van der Waals surface area contributed by atoms with Gasteiger partial charge in [-0.1, -0.05) is 36.4 Å². The second-order valence-electron chi connectivity index (χ2n) is 6.05. The highest BCUT2D eigenvalue weighted by Gasteiger charge is 2.14. The number of amides is 1. The van der Waals surface area contributed by atoms with Gasteiger partial charge in [0, 0.05) is 5.39 Å². The molecule has 1 amide bonds. The van der Waals surface area contributed by atoms with E-state index in [0.717, 1.165) is 22.3 Å². The Morgan fingerprint density at radius 3 is 2.44 bits per heavy atom. The Bertz CT molecular complexity index is 887. The summed E-state index contributed by atoms with van der Waals surface area (Å²) in [6.45, 7) is 2.50. The number of carbonyl (C=O) groups is 1. The van der Waals surface area contributed by atoms with Crippen molar-refractivity contribution in [1.29, 1.82) is 0 Å². The first-order chi connectivity index (χ1) is 13.2. The highest BCUT2D eigenvalue weighted by molar-refractivity contribution is 5.88. The van der Waals surface area contributed by atoms with E-state index in [1.807, 2.05) is 42.5 Å². The van der Waals surface area contributed by atoms with Crippen molar-refractivity contribution in [2.75, 3.05) is 20.3 Å². The first-order valence-electron chi connectivity index (χ1n) is 8.86. The molecule has 1 atom stereocenters. The molecule has 27 heavy (non-hydrogen) atoms. The van der Waals surface area contributed by atoms with Crippen LogP contribution in [0.4, 0.5) is 0 Å². The largest absolute Gasteiger partial charge is 0.497 e. The number of fused-ring (bicyclic) bond motifs is 1. The molecule has 5 heteroatoms. The Morgan fingerprint density at radius 1 is 0.963 bits per heavy atom. The molecule has 3 aromatic rings. The van der Waals surface area contributed by atoms with Crippen LogP contribution in [0, 0.1) is 0 Å². The van der Waals surface area contributed by atoms with Crippen molar-refractivity contribution in [3.63, 3.8) is 0 Å². The second-order valence-corrected chi connectivity index (χ2v) is 6.05. The van der Waals surface area contributed by atoms with Crippen LogP contribution in [-0.4, -0.2) is 32.3 Å². The fourth-order valence-corrected chi connectivity index (χ4v) is 2.71. The predicted octanol–water partition coefficient (Wildman–Crippen LogP) is 3.81. The van der Waals surface area contributed by atoms with Crippen molar-refractivity contribution < 1.29 is 19.0 Å². The molecule has 0 aromatic heterocycles. The average Bonchev–Trinajstić information content (AvgIpc) is 2.71. The summed E-state index contributed by atoms with van der Waals surface area (Å²) in [5, 5.41) is 5.01. The molecule has 1 N–H and O–H groups in total. The molecule has 0 unspecified atom stereocenters. The van der Waals surface area contributed by atoms with E-state index < -0.39 is 6.10 Å². The normalized spacial score (nSPS) is 11.6. The van der Waals surface area contributed by atoms with E-state index in [2.05, 4.69) is 5.32 Å². The van der Waals surface area contributed by atoms with Gasteiger partial charge in [0.2, 0.25) is 0 Å². The molecule has 0 aliphatic heterocycles. The van der Waals surface area contributed by atoms with Crippen LogP contribution in [0.2, 0.25) is 0 Å². The zero-order chi connectivity index (χ0) is 19.1. The molecular formula is C22H23NO4. The molecule has 0 heterocycles. The molecule has 3 aromatic carbocycles. The Kier molecular flexibility index (Phi) is 6.15. The van der Waals surface area contributed by atoms with Crippen molar-refractivity contribution >= 4 is 16.7 Å². The predicted molar refractivity (Wildman–Crippen MR) is 106 cm³/mol. The standard InChI is InChI=1S/C22H23NO4/c1-16(27-19-12-10-18(25-2)11-13-19)22(24)23-14-15-26-21-9-5-7-17-6-3-4-8-20(17)21/h3-13,16H,14-15H2,1-2H3,(H,23,24)/t16-/m0/s1. The molecule has 0 spiro atoms. The number of benzene rings is 3. The number of methoxy groups -OCH3 is 1. The number of ether oxygens (including phenoxy) is 3. The van der Waals surface area contributed by atoms with E-state index >= 15 is 0 Å². The molecule has 0 fully saturated rings. The highest BCUT2D eigenvalue weighted by atomic mass is 16.5. The number of nitrogens with one attached hydrogen (secondary N) is 1. The van der Waals surface area contributed by atoms with Gasteiger partial charge in [0.15, 0.2) is 6.10 Å². The average molecular weight is 365 g/mol. The van der Waals surface area contributed by atoms with Crippen LogP contribution in [0.1, 0.15) is 6.92 Å². The molecule has 5 nitrogen and oxygen atoms in total. The Hall–Kier alpha value is -3.21. The Morgan fingerprint density at radius 2 is 1.67 bits per heavy atom. The minimum absolute atomic E-state index is 0.188. The summed E-state index contributed by atoms with van der Waals surface area (Å²) < 4.78 is 16.6. The van der Waals surface area contributed by atoms with Gasteiger partial charge in [-0.05, 0) is 42.6 Å². The van der Waals surface area contributed by atoms with Gasteiger partial charge in [-0.25, -0.2) is 0 Å². The maximum atomic E-state index is 12.2. The monoisotopic (exact) mass is 365 g/mol. The van der Waals surface area contributed by atoms with Crippen LogP contribution < -0.4 is 19.5 Å². The summed E-state index contributed by atoms with van der Waals surface area (Å²) in [6.07, 6.45) is -0.601. The third-order valence-electron chi connectivity index (χ3n) is 4.15. The number of carbonyl (C=O) groups excluding carboxylic acids is 1. The summed E-state index contributed by atoms with van der Waals surface area (Å²) in [5.74, 6) is 1.98. The summed E-state index contributed by atoms with van der Waals surface area (Å²) in [5.41, 5.74) is 0. The quantitative estimate of drug-likeness (QED) is 0.617. The number of hydrogen-bond donors (Lipinski definition) is 1. The van der Waals surface area contributed by atoms with Gasteiger partial charge in [0.05, 0.1) is 13.7 Å². The van der Waals surface area contributed by atoms with Crippen LogP contribution in [0.3, 0.4) is 0 Å². The van der Waals surface area contributed by atoms with Crippen molar-refractivity contribution in [3.8, 4) is 17.2 Å². The van der Waals surface area contributed by atoms with E-state index in [1.54, 1.807) is 38.3 Å². The molecule has 0 aliphatic carbocycles. The van der Waals surface area contributed by atoms with Crippen LogP contribution in [0.5, 0.6) is 17.2 Å². The maximum absolute atomic E-state index is 12.2. The smallest absolute Gasteiger partial charge is 0.260 e. The molecule has 0 saturated carbocycles. The first-order valence-corrected chi connectivity index (χ1v) is 8.86. The van der Waals surface area contributed by atoms with Gasteiger partial charge in [-0.3, -0.25) is 4.79 Å². The van der Waals surface area contributed by atoms with Crippen LogP contribution >= 0.6 is 0 Å². The Labute approximate surface area is 158 Å². The third-order valence-corrected chi connectivity index (χ3v) is 4.15. The molecule has 3 rings (SSSR count). The van der Waals surface area contributed by atoms with Crippen LogP contribution in [0.15, 0.2) is 66.7 Å². The lowest BCUT2D eigenvalue weighted by Gasteiger charge is -2.15. The molecule has 140 valence electrons. The molecule has 0 saturated heterocycles. The minimum Gasteiger partial charge on any atom is -0.497 e. The van der Waals surface area contributed by atoms with Crippen molar-refractivity contribution in [1.82, 2.24) is 5.32 Å². The van der Waals surface area contributed by atoms with Crippen LogP contribution in [0.25, 0.3) is 10.8 Å². The van der Waals surface area contributed by atoms with E-state index in [4.69, 9.17) is 14.2 Å². The minimum atomic E-state index is -0.601. The van der Waals surface area contributed by atoms with Gasteiger partial charge in [-0.15, -0.1) is 0 Å². The van der Waals surface area contributed by atoms with Gasteiger partial charge < -0.3 is 19.5 Å². The summed E-state index contributed by atoms with van der Waals surface area (Å²) in [4.78, 5) is 12.2. The van der Waals surface area contributed by atoms with Gasteiger partial charge in [0.25, 0.3) is 5.91 Å². The lowest BCUT2D eigenvalue weighted by Crippen LogP contribution is -2.38. The van der Waals surface area contributed by atoms with Crippen molar-refractivity contribution in [3.05, 3.63) is 66.7 Å². The summed E-state index contributed by atoms with van der Waals surface area (Å²) in [7, 11) is 1.60. The topological polar surface area (TPSA) is 56.8 Å². The van der Waals surface area contributed by atoms with Gasteiger partial charge in [-0.2, -0.15) is 0 Å². The van der Waals surface area contributed by atoms with Gasteiger partial charge >= 0.3 is 0 Å². The Balaban J connectivity index is 1.45. The van der Waals surface area contributed by atoms with Crippen molar-refractivity contribution in [2.45, 2.75) is 13.0 Å². The lowest BCUT2D eigenvalue weighted by molar-refractivity contribution is -0.127. The molecule has 0 aliphatic rings. The van der Waals surface area contributed by atoms with Crippen LogP contribution in [-0.2, 0) is 4.79 Å². The third kappa shape index (κ3) is 4.91. The summed E-state index contributed by atoms with van der Waals surface area (Å²) in [6, 6.07) is 21.1. The summed E-state index contributed by atoms with van der Waals surface area (Å²) >= 11 is 0. The molecule has 0 radical (unpaired) electrons. The molecular weight excluding hydrogens is 342 g/mol. The van der Waals surface area contributed by atoms with Crippen molar-refractivity contribution in [2.24, 2.45) is 0 Å². The van der Waals surface area contributed by atoms with Gasteiger partial charge in [0.1, 0.15) is 23.9 Å². The van der Waals surface area contributed by atoms with E-state index in [1.165, 1.54) is 0 Å². The number of hydrogen-bond acceptors (Lipinski definition) is 4. The zero-order valence-electron chi connectivity index (χ0n) is 15.5. The fraction of sp³-hybridized carbons (Fsp3) is 0.227. The van der Waals surface area contributed by atoms with E-state index in [0.29, 0.717) is 18.9 Å². The fourth-order valence-electron chi connectivity index (χ4n) is 2.71. The zero-order valence-corrected chi connectivity index (χ0v) is 15.5.